The molecule has 29 heavy (non-hydrogen) atoms. The standard InChI is InChI=1S/C28H27N/c1-19-13-15-21(16-14-19)29-27-18-26-24(17-23(27)20-9-5-4-6-10-20)22-11-7-8-12-25(22)28(26,2)3/h4-7,9-11,13-18,29H,8,12H2,1-3H3. The van der Waals surface area contributed by atoms with E-state index in [-0.39, 0.29) is 5.41 Å². The number of fused-ring (bicyclic) bond motifs is 2. The molecule has 1 heteroatoms. The number of rotatable bonds is 3. The number of benzene rings is 3. The van der Waals surface area contributed by atoms with Crippen molar-refractivity contribution >= 4 is 16.9 Å². The van der Waals surface area contributed by atoms with E-state index in [1.165, 1.54) is 39.1 Å². The summed E-state index contributed by atoms with van der Waals surface area (Å²) in [7, 11) is 0. The number of hydrogen-bond donors (Lipinski definition) is 1. The lowest BCUT2D eigenvalue weighted by Crippen LogP contribution is -2.18. The van der Waals surface area contributed by atoms with Gasteiger partial charge in [-0.15, -0.1) is 0 Å². The van der Waals surface area contributed by atoms with Crippen molar-refractivity contribution in [2.45, 2.75) is 39.0 Å². The summed E-state index contributed by atoms with van der Waals surface area (Å²) in [6.45, 7) is 6.89. The Morgan fingerprint density at radius 3 is 2.38 bits per heavy atom. The molecule has 2 aliphatic rings. The summed E-state index contributed by atoms with van der Waals surface area (Å²) in [5.41, 5.74) is 12.0. The first-order valence-electron chi connectivity index (χ1n) is 10.5. The lowest BCUT2D eigenvalue weighted by molar-refractivity contribution is 0.607. The van der Waals surface area contributed by atoms with E-state index in [0.717, 1.165) is 18.5 Å². The van der Waals surface area contributed by atoms with Gasteiger partial charge in [-0.05, 0) is 66.3 Å². The molecule has 0 heterocycles. The number of nitrogens with one attached hydrogen (secondary N) is 1. The second-order valence-electron chi connectivity index (χ2n) is 8.76. The van der Waals surface area contributed by atoms with Crippen molar-refractivity contribution in [1.82, 2.24) is 0 Å². The molecule has 2 aliphatic carbocycles. The summed E-state index contributed by atoms with van der Waals surface area (Å²) in [4.78, 5) is 0. The normalized spacial score (nSPS) is 16.5. The van der Waals surface area contributed by atoms with Crippen molar-refractivity contribution in [3.05, 3.63) is 101 Å². The maximum Gasteiger partial charge on any atom is 0.0467 e. The van der Waals surface area contributed by atoms with Crippen LogP contribution in [-0.4, -0.2) is 0 Å². The minimum absolute atomic E-state index is 0.0777. The lowest BCUT2D eigenvalue weighted by atomic mass is 9.78. The van der Waals surface area contributed by atoms with E-state index in [1.54, 1.807) is 5.57 Å². The summed E-state index contributed by atoms with van der Waals surface area (Å²) >= 11 is 0. The first kappa shape index (κ1) is 18.0. The zero-order valence-corrected chi connectivity index (χ0v) is 17.4. The molecule has 3 aromatic carbocycles. The molecule has 0 saturated heterocycles. The van der Waals surface area contributed by atoms with E-state index in [9.17, 15) is 0 Å². The first-order valence-corrected chi connectivity index (χ1v) is 10.5. The monoisotopic (exact) mass is 377 g/mol. The molecule has 0 aliphatic heterocycles. The third-order valence-corrected chi connectivity index (χ3v) is 6.46. The van der Waals surface area contributed by atoms with Crippen molar-refractivity contribution < 1.29 is 0 Å². The van der Waals surface area contributed by atoms with Crippen molar-refractivity contribution in [1.29, 1.82) is 0 Å². The van der Waals surface area contributed by atoms with Crippen LogP contribution >= 0.6 is 0 Å². The smallest absolute Gasteiger partial charge is 0.0467 e. The van der Waals surface area contributed by atoms with Gasteiger partial charge in [0, 0.05) is 22.4 Å². The molecule has 144 valence electrons. The third-order valence-electron chi connectivity index (χ3n) is 6.46. The zero-order chi connectivity index (χ0) is 20.0. The Kier molecular flexibility index (Phi) is 4.20. The molecular weight excluding hydrogens is 350 g/mol. The van der Waals surface area contributed by atoms with Gasteiger partial charge in [0.05, 0.1) is 0 Å². The van der Waals surface area contributed by atoms with Gasteiger partial charge in [0.1, 0.15) is 0 Å². The molecule has 0 fully saturated rings. The fraction of sp³-hybridized carbons (Fsp3) is 0.214. The molecule has 0 spiro atoms. The Labute approximate surface area is 173 Å². The van der Waals surface area contributed by atoms with Crippen LogP contribution in [0, 0.1) is 6.92 Å². The van der Waals surface area contributed by atoms with Crippen LogP contribution in [0.3, 0.4) is 0 Å². The first-order chi connectivity index (χ1) is 14.0. The summed E-state index contributed by atoms with van der Waals surface area (Å²) < 4.78 is 0. The van der Waals surface area contributed by atoms with Gasteiger partial charge in [-0.1, -0.05) is 79.6 Å². The molecule has 0 bridgehead atoms. The highest BCUT2D eigenvalue weighted by atomic mass is 14.9. The summed E-state index contributed by atoms with van der Waals surface area (Å²) in [5.74, 6) is 0. The van der Waals surface area contributed by atoms with E-state index in [0.29, 0.717) is 0 Å². The Morgan fingerprint density at radius 1 is 0.862 bits per heavy atom. The van der Waals surface area contributed by atoms with E-state index >= 15 is 0 Å². The minimum Gasteiger partial charge on any atom is -0.355 e. The lowest BCUT2D eigenvalue weighted by Gasteiger charge is -2.26. The fourth-order valence-corrected chi connectivity index (χ4v) is 4.82. The predicted molar refractivity (Wildman–Crippen MR) is 125 cm³/mol. The topological polar surface area (TPSA) is 12.0 Å². The third kappa shape index (κ3) is 3.02. The van der Waals surface area contributed by atoms with Crippen LogP contribution in [0.25, 0.3) is 16.7 Å². The van der Waals surface area contributed by atoms with E-state index in [4.69, 9.17) is 0 Å². The summed E-state index contributed by atoms with van der Waals surface area (Å²) in [6.07, 6.45) is 6.98. The fourth-order valence-electron chi connectivity index (χ4n) is 4.82. The quantitative estimate of drug-likeness (QED) is 0.491. The van der Waals surface area contributed by atoms with E-state index in [1.807, 2.05) is 0 Å². The number of aryl methyl sites for hydroxylation is 1. The van der Waals surface area contributed by atoms with Gasteiger partial charge in [0.2, 0.25) is 0 Å². The van der Waals surface area contributed by atoms with Crippen LogP contribution < -0.4 is 5.32 Å². The van der Waals surface area contributed by atoms with Gasteiger partial charge in [0.25, 0.3) is 0 Å². The maximum atomic E-state index is 3.71. The van der Waals surface area contributed by atoms with Gasteiger partial charge < -0.3 is 5.32 Å². The average molecular weight is 378 g/mol. The molecular formula is C28H27N. The van der Waals surface area contributed by atoms with Crippen molar-refractivity contribution in [3.63, 3.8) is 0 Å². The van der Waals surface area contributed by atoms with Crippen LogP contribution in [0.15, 0.2) is 84.5 Å². The Balaban J connectivity index is 1.70. The zero-order valence-electron chi connectivity index (χ0n) is 17.4. The van der Waals surface area contributed by atoms with Crippen LogP contribution in [0.1, 0.15) is 43.4 Å². The molecule has 0 aromatic heterocycles. The van der Waals surface area contributed by atoms with Crippen LogP contribution in [0.5, 0.6) is 0 Å². The molecule has 0 atom stereocenters. The molecule has 1 N–H and O–H groups in total. The average Bonchev–Trinajstić information content (AvgIpc) is 2.97. The second kappa shape index (κ2) is 6.77. The van der Waals surface area contributed by atoms with Crippen molar-refractivity contribution in [3.8, 4) is 11.1 Å². The largest absolute Gasteiger partial charge is 0.355 e. The Hall–Kier alpha value is -3.06. The highest BCUT2D eigenvalue weighted by molar-refractivity contribution is 5.93. The molecule has 0 amide bonds. The van der Waals surface area contributed by atoms with E-state index < -0.39 is 0 Å². The highest BCUT2D eigenvalue weighted by Crippen LogP contribution is 2.52. The molecule has 0 radical (unpaired) electrons. The van der Waals surface area contributed by atoms with Gasteiger partial charge in [0.15, 0.2) is 0 Å². The summed E-state index contributed by atoms with van der Waals surface area (Å²) in [6, 6.07) is 24.2. The Bertz CT molecular complexity index is 1130. The van der Waals surface area contributed by atoms with Gasteiger partial charge >= 0.3 is 0 Å². The molecule has 1 nitrogen and oxygen atoms in total. The minimum atomic E-state index is 0.0777. The van der Waals surface area contributed by atoms with Crippen LogP contribution in [-0.2, 0) is 5.41 Å². The Morgan fingerprint density at radius 2 is 1.62 bits per heavy atom. The van der Waals surface area contributed by atoms with Crippen LogP contribution in [0.2, 0.25) is 0 Å². The van der Waals surface area contributed by atoms with Crippen molar-refractivity contribution in [2.75, 3.05) is 5.32 Å². The maximum absolute atomic E-state index is 3.71. The molecule has 3 aromatic rings. The number of allylic oxidation sites excluding steroid dienone is 4. The molecule has 0 saturated carbocycles. The van der Waals surface area contributed by atoms with Crippen LogP contribution in [0.4, 0.5) is 11.4 Å². The highest BCUT2D eigenvalue weighted by Gasteiger charge is 2.38. The number of hydrogen-bond acceptors (Lipinski definition) is 1. The molecule has 0 unspecified atom stereocenters. The van der Waals surface area contributed by atoms with Gasteiger partial charge in [-0.2, -0.15) is 0 Å². The van der Waals surface area contributed by atoms with Gasteiger partial charge in [-0.25, -0.2) is 0 Å². The SMILES string of the molecule is Cc1ccc(Nc2cc3c(cc2-c2ccccc2)C2=C(CCC=C2)C3(C)C)cc1. The molecule has 5 rings (SSSR count). The van der Waals surface area contributed by atoms with E-state index in [2.05, 4.69) is 105 Å². The van der Waals surface area contributed by atoms with Crippen molar-refractivity contribution in [2.24, 2.45) is 0 Å². The second-order valence-corrected chi connectivity index (χ2v) is 8.76. The summed E-state index contributed by atoms with van der Waals surface area (Å²) in [5, 5.41) is 3.71. The number of anilines is 2. The van der Waals surface area contributed by atoms with Gasteiger partial charge in [-0.3, -0.25) is 0 Å². The predicted octanol–water partition coefficient (Wildman–Crippen LogP) is 7.80.